The quantitative estimate of drug-likeness (QED) is 0.567. The van der Waals surface area contributed by atoms with Gasteiger partial charge < -0.3 is 4.52 Å². The molecule has 0 saturated heterocycles. The van der Waals surface area contributed by atoms with Gasteiger partial charge in [-0.2, -0.15) is 0 Å². The van der Waals surface area contributed by atoms with Gasteiger partial charge in [-0.15, -0.1) is 0 Å². The molecule has 0 bridgehead atoms. The van der Waals surface area contributed by atoms with Crippen LogP contribution in [-0.4, -0.2) is 12.8 Å². The summed E-state index contributed by atoms with van der Waals surface area (Å²) in [5.41, 5.74) is 1.72. The summed E-state index contributed by atoms with van der Waals surface area (Å²) in [7, 11) is -2.84. The van der Waals surface area contributed by atoms with Gasteiger partial charge >= 0.3 is 0 Å². The van der Waals surface area contributed by atoms with Crippen molar-refractivity contribution in [2.24, 2.45) is 0 Å². The average molecular weight is 250 g/mol. The van der Waals surface area contributed by atoms with Crippen molar-refractivity contribution in [2.75, 3.05) is 12.8 Å². The molecule has 1 unspecified atom stereocenters. The largest absolute Gasteiger partial charge is 0.321 e. The Labute approximate surface area is 103 Å². The van der Waals surface area contributed by atoms with Crippen LogP contribution in [0.25, 0.3) is 0 Å². The topological polar surface area (TPSA) is 26.3 Å². The summed E-state index contributed by atoms with van der Waals surface area (Å²) in [6.45, 7) is 11.6. The number of allylic oxidation sites excluding steroid dienone is 1. The van der Waals surface area contributed by atoms with Gasteiger partial charge in [-0.3, -0.25) is 4.57 Å². The van der Waals surface area contributed by atoms with Crippen molar-refractivity contribution in [1.29, 1.82) is 0 Å². The lowest BCUT2D eigenvalue weighted by molar-refractivity contribution is 0.353. The molecule has 0 aliphatic heterocycles. The molecule has 0 fully saturated rings. The first-order valence-corrected chi connectivity index (χ1v) is 7.33. The molecule has 0 amide bonds. The van der Waals surface area contributed by atoms with Gasteiger partial charge in [-0.05, 0) is 26.0 Å². The van der Waals surface area contributed by atoms with Crippen molar-refractivity contribution < 1.29 is 9.09 Å². The fourth-order valence-corrected chi connectivity index (χ4v) is 3.63. The molecule has 0 aromatic heterocycles. The van der Waals surface area contributed by atoms with Crippen molar-refractivity contribution in [3.05, 3.63) is 54.6 Å². The van der Waals surface area contributed by atoms with Crippen molar-refractivity contribution >= 4 is 12.7 Å². The normalized spacial score (nSPS) is 14.0. The molecule has 0 N–H and O–H groups in total. The first kappa shape index (κ1) is 14.0. The first-order chi connectivity index (χ1) is 7.94. The zero-order chi connectivity index (χ0) is 12.9. The Morgan fingerprint density at radius 2 is 1.76 bits per heavy atom. The van der Waals surface area contributed by atoms with Crippen molar-refractivity contribution in [2.45, 2.75) is 13.8 Å². The van der Waals surface area contributed by atoms with Gasteiger partial charge in [0.25, 0.3) is 0 Å². The van der Waals surface area contributed by atoms with Crippen LogP contribution in [0.1, 0.15) is 13.8 Å². The van der Waals surface area contributed by atoms with Crippen molar-refractivity contribution in [3.8, 4) is 0 Å². The molecule has 0 aliphatic carbocycles. The maximum atomic E-state index is 12.8. The Morgan fingerprint density at radius 3 is 2.24 bits per heavy atom. The summed E-state index contributed by atoms with van der Waals surface area (Å²) in [4.78, 5) is 0. The molecule has 3 heteroatoms. The van der Waals surface area contributed by atoms with Crippen LogP contribution in [0.15, 0.2) is 54.6 Å². The van der Waals surface area contributed by atoms with Gasteiger partial charge in [0.15, 0.2) is 0 Å². The van der Waals surface area contributed by atoms with Gasteiger partial charge in [0.2, 0.25) is 7.37 Å². The zero-order valence-electron chi connectivity index (χ0n) is 10.5. The van der Waals surface area contributed by atoms with E-state index in [-0.39, 0.29) is 0 Å². The first-order valence-electron chi connectivity index (χ1n) is 5.52. The van der Waals surface area contributed by atoms with Gasteiger partial charge in [0.1, 0.15) is 0 Å². The number of hydrogen-bond donors (Lipinski definition) is 0. The third kappa shape index (κ3) is 4.33. The highest BCUT2D eigenvalue weighted by atomic mass is 31.2. The third-order valence-electron chi connectivity index (χ3n) is 2.15. The van der Waals surface area contributed by atoms with Gasteiger partial charge in [0, 0.05) is 11.5 Å². The molecule has 1 rings (SSSR count). The van der Waals surface area contributed by atoms with E-state index in [2.05, 4.69) is 13.2 Å². The average Bonchev–Trinajstić information content (AvgIpc) is 2.27. The summed E-state index contributed by atoms with van der Waals surface area (Å²) < 4.78 is 18.4. The van der Waals surface area contributed by atoms with Crippen LogP contribution in [0.4, 0.5) is 0 Å². The molecule has 1 atom stereocenters. The van der Waals surface area contributed by atoms with E-state index < -0.39 is 7.37 Å². The standard InChI is InChI=1S/C14H19O2P/c1-12(2)10-16-17(15,11-13(3)4)14-8-6-5-7-9-14/h5-9H,1,3,10-11H2,2,4H3. The zero-order valence-corrected chi connectivity index (χ0v) is 11.4. The van der Waals surface area contributed by atoms with Crippen LogP contribution >= 0.6 is 7.37 Å². The smallest absolute Gasteiger partial charge is 0.236 e. The van der Waals surface area contributed by atoms with E-state index in [4.69, 9.17) is 4.52 Å². The lowest BCUT2D eigenvalue weighted by Gasteiger charge is -2.19. The molecule has 0 spiro atoms. The maximum absolute atomic E-state index is 12.8. The van der Waals surface area contributed by atoms with Crippen molar-refractivity contribution in [1.82, 2.24) is 0 Å². The summed E-state index contributed by atoms with van der Waals surface area (Å²) in [6.07, 6.45) is 0.379. The number of hydrogen-bond acceptors (Lipinski definition) is 2. The summed E-state index contributed by atoms with van der Waals surface area (Å²) in [6, 6.07) is 9.30. The Hall–Kier alpha value is -1.11. The molecule has 0 heterocycles. The second-order valence-corrected chi connectivity index (χ2v) is 6.79. The molecule has 1 aromatic carbocycles. The van der Waals surface area contributed by atoms with Crippen LogP contribution < -0.4 is 5.30 Å². The Balaban J connectivity index is 2.98. The third-order valence-corrected chi connectivity index (χ3v) is 4.73. The fourth-order valence-electron chi connectivity index (χ4n) is 1.44. The Kier molecular flexibility index (Phi) is 4.92. The summed E-state index contributed by atoms with van der Waals surface area (Å²) >= 11 is 0. The lowest BCUT2D eigenvalue weighted by Crippen LogP contribution is -2.11. The molecule has 0 radical (unpaired) electrons. The minimum atomic E-state index is -2.84. The highest BCUT2D eigenvalue weighted by molar-refractivity contribution is 7.67. The Morgan fingerprint density at radius 1 is 1.18 bits per heavy atom. The monoisotopic (exact) mass is 250 g/mol. The predicted octanol–water partition coefficient (Wildman–Crippen LogP) is 3.76. The molecular weight excluding hydrogens is 231 g/mol. The lowest BCUT2D eigenvalue weighted by atomic mass is 10.4. The fraction of sp³-hybridized carbons (Fsp3) is 0.286. The van der Waals surface area contributed by atoms with E-state index in [1.807, 2.05) is 44.2 Å². The van der Waals surface area contributed by atoms with Gasteiger partial charge in [-0.25, -0.2) is 0 Å². The van der Waals surface area contributed by atoms with Gasteiger partial charge in [0.05, 0.1) is 6.61 Å². The molecule has 0 saturated carbocycles. The molecule has 2 nitrogen and oxygen atoms in total. The molecule has 92 valence electrons. The number of benzene rings is 1. The highest BCUT2D eigenvalue weighted by Gasteiger charge is 2.25. The number of rotatable bonds is 6. The van der Waals surface area contributed by atoms with Crippen LogP contribution in [0, 0.1) is 0 Å². The van der Waals surface area contributed by atoms with Crippen LogP contribution in [0.5, 0.6) is 0 Å². The van der Waals surface area contributed by atoms with E-state index in [0.29, 0.717) is 12.8 Å². The SMILES string of the molecule is C=C(C)COP(=O)(CC(=C)C)c1ccccc1. The molecule has 1 aromatic rings. The van der Waals surface area contributed by atoms with E-state index >= 15 is 0 Å². The minimum Gasteiger partial charge on any atom is -0.321 e. The maximum Gasteiger partial charge on any atom is 0.236 e. The molecular formula is C14H19O2P. The van der Waals surface area contributed by atoms with E-state index in [0.717, 1.165) is 16.5 Å². The second-order valence-electron chi connectivity index (χ2n) is 4.35. The van der Waals surface area contributed by atoms with Crippen molar-refractivity contribution in [3.63, 3.8) is 0 Å². The molecule has 17 heavy (non-hydrogen) atoms. The van der Waals surface area contributed by atoms with Crippen LogP contribution in [-0.2, 0) is 9.09 Å². The van der Waals surface area contributed by atoms with Crippen LogP contribution in [0.2, 0.25) is 0 Å². The minimum absolute atomic E-state index is 0.319. The molecule has 0 aliphatic rings. The highest BCUT2D eigenvalue weighted by Crippen LogP contribution is 2.47. The second kappa shape index (κ2) is 6.00. The van der Waals surface area contributed by atoms with Crippen LogP contribution in [0.3, 0.4) is 0 Å². The van der Waals surface area contributed by atoms with Gasteiger partial charge in [-0.1, -0.05) is 42.5 Å². The Bertz CT molecular complexity index is 449. The van der Waals surface area contributed by atoms with E-state index in [1.54, 1.807) is 0 Å². The summed E-state index contributed by atoms with van der Waals surface area (Å²) in [5.74, 6) is 0. The van der Waals surface area contributed by atoms with E-state index in [9.17, 15) is 4.57 Å². The summed E-state index contributed by atoms with van der Waals surface area (Å²) in [5, 5.41) is 0.740. The van der Waals surface area contributed by atoms with E-state index in [1.165, 1.54) is 0 Å². The predicted molar refractivity (Wildman–Crippen MR) is 74.1 cm³/mol.